The molecule has 0 aliphatic heterocycles. The smallest absolute Gasteiger partial charge is 0.339 e. The number of halogens is 1. The maximum Gasteiger partial charge on any atom is 0.339 e. The van der Waals surface area contributed by atoms with E-state index in [0.717, 1.165) is 9.92 Å². The van der Waals surface area contributed by atoms with E-state index in [0.29, 0.717) is 17.2 Å². The van der Waals surface area contributed by atoms with Crippen LogP contribution in [0, 0.1) is 0 Å². The molecule has 19 heavy (non-hydrogen) atoms. The molecule has 0 unspecified atom stereocenters. The van der Waals surface area contributed by atoms with E-state index in [2.05, 4.69) is 4.98 Å². The number of aromatic nitrogens is 1. The van der Waals surface area contributed by atoms with Crippen LogP contribution in [0.3, 0.4) is 0 Å². The summed E-state index contributed by atoms with van der Waals surface area (Å²) >= 11 is 7.53. The number of benzene rings is 1. The van der Waals surface area contributed by atoms with Gasteiger partial charge in [-0.25, -0.2) is 9.78 Å². The van der Waals surface area contributed by atoms with Gasteiger partial charge >= 0.3 is 5.97 Å². The summed E-state index contributed by atoms with van der Waals surface area (Å²) in [6.07, 6.45) is 1.51. The van der Waals surface area contributed by atoms with Crippen LogP contribution in [0.25, 0.3) is 0 Å². The van der Waals surface area contributed by atoms with Crippen LogP contribution >= 0.6 is 23.4 Å². The average Bonchev–Trinajstić information content (AvgIpc) is 2.42. The van der Waals surface area contributed by atoms with Crippen molar-refractivity contribution in [3.8, 4) is 0 Å². The highest BCUT2D eigenvalue weighted by Crippen LogP contribution is 2.31. The zero-order valence-corrected chi connectivity index (χ0v) is 11.9. The third-order valence-electron chi connectivity index (χ3n) is 2.30. The molecule has 3 nitrogen and oxygen atoms in total. The predicted octanol–water partition coefficient (Wildman–Crippen LogP) is 4.06. The number of carbonyl (C=O) groups is 1. The van der Waals surface area contributed by atoms with Gasteiger partial charge < -0.3 is 4.74 Å². The molecule has 98 valence electrons. The summed E-state index contributed by atoms with van der Waals surface area (Å²) in [4.78, 5) is 16.6. The van der Waals surface area contributed by atoms with Gasteiger partial charge in [-0.15, -0.1) is 0 Å². The lowest BCUT2D eigenvalue weighted by molar-refractivity contribution is 0.0525. The van der Waals surface area contributed by atoms with Crippen LogP contribution in [0.4, 0.5) is 0 Å². The quantitative estimate of drug-likeness (QED) is 0.797. The van der Waals surface area contributed by atoms with Crippen LogP contribution in [0.1, 0.15) is 17.3 Å². The van der Waals surface area contributed by atoms with Gasteiger partial charge in [0.2, 0.25) is 0 Å². The Hall–Kier alpha value is -1.52. The Morgan fingerprint density at radius 3 is 2.74 bits per heavy atom. The Morgan fingerprint density at radius 1 is 1.32 bits per heavy atom. The first kappa shape index (κ1) is 13.9. The molecule has 5 heteroatoms. The van der Waals surface area contributed by atoms with Crippen LogP contribution in [0.2, 0.25) is 5.02 Å². The molecule has 0 aliphatic rings. The maximum atomic E-state index is 11.5. The van der Waals surface area contributed by atoms with Crippen LogP contribution in [-0.2, 0) is 4.74 Å². The van der Waals surface area contributed by atoms with Gasteiger partial charge in [-0.05, 0) is 31.2 Å². The number of nitrogens with zero attached hydrogens (tertiary/aromatic N) is 1. The van der Waals surface area contributed by atoms with Crippen LogP contribution < -0.4 is 0 Å². The van der Waals surface area contributed by atoms with E-state index in [1.54, 1.807) is 19.1 Å². The molecule has 1 aromatic heterocycles. The molecule has 2 rings (SSSR count). The van der Waals surface area contributed by atoms with Crippen molar-refractivity contribution in [1.29, 1.82) is 0 Å². The van der Waals surface area contributed by atoms with Gasteiger partial charge in [0, 0.05) is 11.1 Å². The highest BCUT2D eigenvalue weighted by atomic mass is 35.5. The summed E-state index contributed by atoms with van der Waals surface area (Å²) < 4.78 is 4.90. The molecule has 0 saturated carbocycles. The molecular weight excluding hydrogens is 282 g/mol. The third kappa shape index (κ3) is 3.72. The van der Waals surface area contributed by atoms with Crippen molar-refractivity contribution in [1.82, 2.24) is 4.98 Å². The van der Waals surface area contributed by atoms with Gasteiger partial charge in [0.05, 0.1) is 17.2 Å². The van der Waals surface area contributed by atoms with E-state index in [1.807, 2.05) is 24.3 Å². The van der Waals surface area contributed by atoms with Crippen LogP contribution in [-0.4, -0.2) is 17.6 Å². The monoisotopic (exact) mass is 293 g/mol. The molecule has 0 amide bonds. The second kappa shape index (κ2) is 6.59. The second-order valence-corrected chi connectivity index (χ2v) is 5.11. The van der Waals surface area contributed by atoms with E-state index < -0.39 is 0 Å². The largest absolute Gasteiger partial charge is 0.462 e. The van der Waals surface area contributed by atoms with Gasteiger partial charge in [-0.2, -0.15) is 0 Å². The molecule has 0 radical (unpaired) electrons. The van der Waals surface area contributed by atoms with Gasteiger partial charge in [-0.1, -0.05) is 35.5 Å². The molecule has 0 aliphatic carbocycles. The summed E-state index contributed by atoms with van der Waals surface area (Å²) in [5.74, 6) is -0.357. The Labute approximate surface area is 121 Å². The van der Waals surface area contributed by atoms with Crippen LogP contribution in [0.15, 0.2) is 52.5 Å². The molecule has 0 N–H and O–H groups in total. The van der Waals surface area contributed by atoms with Crippen molar-refractivity contribution in [2.75, 3.05) is 6.61 Å². The Bertz CT molecular complexity index is 572. The maximum absolute atomic E-state index is 11.5. The second-order valence-electron chi connectivity index (χ2n) is 3.64. The lowest BCUT2D eigenvalue weighted by atomic mass is 10.3. The van der Waals surface area contributed by atoms with Gasteiger partial charge in [0.1, 0.15) is 5.03 Å². The molecule has 1 aromatic carbocycles. The highest BCUT2D eigenvalue weighted by molar-refractivity contribution is 7.99. The summed E-state index contributed by atoms with van der Waals surface area (Å²) in [7, 11) is 0. The van der Waals surface area contributed by atoms with Crippen LogP contribution in [0.5, 0.6) is 0 Å². The minimum Gasteiger partial charge on any atom is -0.462 e. The lowest BCUT2D eigenvalue weighted by Gasteiger charge is -2.04. The molecule has 1 heterocycles. The van der Waals surface area contributed by atoms with Crippen molar-refractivity contribution in [3.63, 3.8) is 0 Å². The Kier molecular flexibility index (Phi) is 4.82. The summed E-state index contributed by atoms with van der Waals surface area (Å²) in [6.45, 7) is 2.13. The van der Waals surface area contributed by atoms with Crippen molar-refractivity contribution in [3.05, 3.63) is 53.2 Å². The number of pyridine rings is 1. The van der Waals surface area contributed by atoms with Crippen molar-refractivity contribution < 1.29 is 9.53 Å². The minimum atomic E-state index is -0.357. The number of hydrogen-bond acceptors (Lipinski definition) is 4. The number of hydrogen-bond donors (Lipinski definition) is 0. The van der Waals surface area contributed by atoms with Gasteiger partial charge in [0.25, 0.3) is 0 Å². The highest BCUT2D eigenvalue weighted by Gasteiger charge is 2.08. The fourth-order valence-corrected chi connectivity index (χ4v) is 2.45. The summed E-state index contributed by atoms with van der Waals surface area (Å²) in [6, 6.07) is 11.0. The minimum absolute atomic E-state index is 0.356. The number of rotatable bonds is 4. The molecule has 0 spiro atoms. The normalized spacial score (nSPS) is 10.2. The summed E-state index contributed by atoms with van der Waals surface area (Å²) in [5, 5.41) is 1.46. The van der Waals surface area contributed by atoms with Gasteiger partial charge in [0.15, 0.2) is 0 Å². The van der Waals surface area contributed by atoms with E-state index in [-0.39, 0.29) is 5.97 Å². The molecule has 0 bridgehead atoms. The number of ether oxygens (including phenoxy) is 1. The van der Waals surface area contributed by atoms with E-state index >= 15 is 0 Å². The molecule has 0 atom stereocenters. The number of esters is 1. The average molecular weight is 294 g/mol. The zero-order valence-electron chi connectivity index (χ0n) is 10.3. The fourth-order valence-electron chi connectivity index (χ4n) is 1.42. The lowest BCUT2D eigenvalue weighted by Crippen LogP contribution is -2.04. The van der Waals surface area contributed by atoms with E-state index in [9.17, 15) is 4.79 Å². The van der Waals surface area contributed by atoms with Crippen molar-refractivity contribution in [2.24, 2.45) is 0 Å². The first-order valence-corrected chi connectivity index (χ1v) is 6.95. The zero-order chi connectivity index (χ0) is 13.7. The topological polar surface area (TPSA) is 39.2 Å². The standard InChI is InChI=1S/C14H12ClNO2S/c1-2-18-14(17)10-7-8-13(16-9-10)19-12-6-4-3-5-11(12)15/h3-9H,2H2,1H3. The van der Waals surface area contributed by atoms with Gasteiger partial charge in [-0.3, -0.25) is 0 Å². The van der Waals surface area contributed by atoms with E-state index in [1.165, 1.54) is 18.0 Å². The molecular formula is C14H12ClNO2S. The Morgan fingerprint density at radius 2 is 2.11 bits per heavy atom. The molecule has 2 aromatic rings. The van der Waals surface area contributed by atoms with E-state index in [4.69, 9.17) is 16.3 Å². The first-order chi connectivity index (χ1) is 9.20. The Balaban J connectivity index is 2.11. The fraction of sp³-hybridized carbons (Fsp3) is 0.143. The summed E-state index contributed by atoms with van der Waals surface area (Å²) in [5.41, 5.74) is 0.449. The first-order valence-electron chi connectivity index (χ1n) is 5.76. The van der Waals surface area contributed by atoms with Crippen molar-refractivity contribution >= 4 is 29.3 Å². The predicted molar refractivity (Wildman–Crippen MR) is 75.8 cm³/mol. The SMILES string of the molecule is CCOC(=O)c1ccc(Sc2ccccc2Cl)nc1. The molecule has 0 saturated heterocycles. The number of carbonyl (C=O) groups excluding carboxylic acids is 1. The molecule has 0 fully saturated rings. The van der Waals surface area contributed by atoms with Crippen molar-refractivity contribution in [2.45, 2.75) is 16.8 Å². The third-order valence-corrected chi connectivity index (χ3v) is 3.77.